The van der Waals surface area contributed by atoms with Crippen LogP contribution in [-0.4, -0.2) is 22.2 Å². The molecule has 0 fully saturated rings. The number of unbranched alkanes of at least 4 members (excludes halogenated alkanes) is 12. The largest absolute Gasteiger partial charge is 0.481 e. The average molecular weight is 421 g/mol. The predicted octanol–water partition coefficient (Wildman–Crippen LogP) is 7.85. The molecule has 0 aliphatic rings. The summed E-state index contributed by atoms with van der Waals surface area (Å²) < 4.78 is 0. The van der Waals surface area contributed by atoms with Gasteiger partial charge in [0.25, 0.3) is 0 Å². The number of aliphatic carboxylic acids is 2. The number of carboxylic acids is 2. The molecule has 4 heteroatoms. The zero-order valence-electron chi connectivity index (χ0n) is 18.9. The van der Waals surface area contributed by atoms with Gasteiger partial charge in [-0.2, -0.15) is 0 Å². The molecular formula is C26H44O4. The molecule has 0 rings (SSSR count). The Balaban J connectivity index is 3.28. The van der Waals surface area contributed by atoms with Gasteiger partial charge in [0.05, 0.1) is 0 Å². The van der Waals surface area contributed by atoms with Gasteiger partial charge in [-0.25, -0.2) is 0 Å². The summed E-state index contributed by atoms with van der Waals surface area (Å²) in [7, 11) is 0. The van der Waals surface area contributed by atoms with Crippen molar-refractivity contribution in [1.82, 2.24) is 0 Å². The first kappa shape index (κ1) is 28.2. The number of rotatable bonds is 22. The van der Waals surface area contributed by atoms with Crippen molar-refractivity contribution in [3.05, 3.63) is 36.5 Å². The van der Waals surface area contributed by atoms with Gasteiger partial charge in [-0.3, -0.25) is 9.59 Å². The van der Waals surface area contributed by atoms with Crippen molar-refractivity contribution in [3.8, 4) is 0 Å². The molecular weight excluding hydrogens is 376 g/mol. The van der Waals surface area contributed by atoms with Crippen LogP contribution in [0.1, 0.15) is 116 Å². The van der Waals surface area contributed by atoms with Crippen molar-refractivity contribution in [1.29, 1.82) is 0 Å². The van der Waals surface area contributed by atoms with Crippen molar-refractivity contribution in [3.63, 3.8) is 0 Å². The van der Waals surface area contributed by atoms with Crippen LogP contribution >= 0.6 is 0 Å². The van der Waals surface area contributed by atoms with Crippen molar-refractivity contribution >= 4 is 11.9 Å². The molecule has 0 aromatic carbocycles. The molecule has 0 spiro atoms. The summed E-state index contributed by atoms with van der Waals surface area (Å²) in [5.41, 5.74) is 0. The molecule has 0 saturated heterocycles. The lowest BCUT2D eigenvalue weighted by Gasteiger charge is -1.99. The Kier molecular flexibility index (Phi) is 22.0. The summed E-state index contributed by atoms with van der Waals surface area (Å²) in [5, 5.41) is 17.1. The van der Waals surface area contributed by atoms with Gasteiger partial charge < -0.3 is 10.2 Å². The van der Waals surface area contributed by atoms with E-state index in [9.17, 15) is 9.59 Å². The standard InChI is InChI=1S/C26H44O4/c27-25(28)23-21-19-17-15-13-11-9-7-5-3-1-2-4-6-8-10-12-14-16-18-20-22-24-26(29)30/h1-2,5-8H,3-4,9-24H2,(H,27,28)(H,29,30)/b2-1+,7-5+,8-6+. The minimum Gasteiger partial charge on any atom is -0.481 e. The van der Waals surface area contributed by atoms with Crippen LogP contribution in [0, 0.1) is 0 Å². The maximum atomic E-state index is 10.4. The Hall–Kier alpha value is -1.84. The molecule has 0 aromatic heterocycles. The molecule has 0 bridgehead atoms. The molecule has 0 radical (unpaired) electrons. The van der Waals surface area contributed by atoms with Crippen molar-refractivity contribution < 1.29 is 19.8 Å². The van der Waals surface area contributed by atoms with Crippen LogP contribution in [0.4, 0.5) is 0 Å². The van der Waals surface area contributed by atoms with Gasteiger partial charge in [-0.15, -0.1) is 0 Å². The Morgan fingerprint density at radius 2 is 0.733 bits per heavy atom. The number of allylic oxidation sites excluding steroid dienone is 6. The van der Waals surface area contributed by atoms with E-state index in [2.05, 4.69) is 36.5 Å². The van der Waals surface area contributed by atoms with Crippen LogP contribution in [0.15, 0.2) is 36.5 Å². The fourth-order valence-electron chi connectivity index (χ4n) is 3.27. The lowest BCUT2D eigenvalue weighted by molar-refractivity contribution is -0.138. The van der Waals surface area contributed by atoms with E-state index in [4.69, 9.17) is 10.2 Å². The molecule has 172 valence electrons. The molecule has 0 aromatic rings. The summed E-state index contributed by atoms with van der Waals surface area (Å²) in [6.07, 6.45) is 31.8. The van der Waals surface area contributed by atoms with Gasteiger partial charge in [-0.05, 0) is 51.4 Å². The highest BCUT2D eigenvalue weighted by atomic mass is 16.4. The second kappa shape index (κ2) is 23.4. The molecule has 0 unspecified atom stereocenters. The molecule has 30 heavy (non-hydrogen) atoms. The van der Waals surface area contributed by atoms with Crippen molar-refractivity contribution in [2.24, 2.45) is 0 Å². The number of carboxylic acid groups (broad SMARTS) is 2. The summed E-state index contributed by atoms with van der Waals surface area (Å²) >= 11 is 0. The fourth-order valence-corrected chi connectivity index (χ4v) is 3.27. The van der Waals surface area contributed by atoms with Crippen LogP contribution < -0.4 is 0 Å². The van der Waals surface area contributed by atoms with Crippen LogP contribution in [0.2, 0.25) is 0 Å². The number of hydrogen-bond donors (Lipinski definition) is 2. The van der Waals surface area contributed by atoms with E-state index in [1.165, 1.54) is 38.5 Å². The van der Waals surface area contributed by atoms with E-state index >= 15 is 0 Å². The molecule has 0 saturated carbocycles. The minimum atomic E-state index is -0.681. The van der Waals surface area contributed by atoms with Gasteiger partial charge in [0.2, 0.25) is 0 Å². The lowest BCUT2D eigenvalue weighted by atomic mass is 10.1. The third-order valence-corrected chi connectivity index (χ3v) is 5.07. The predicted molar refractivity (Wildman–Crippen MR) is 126 cm³/mol. The molecule has 0 aliphatic carbocycles. The Morgan fingerprint density at radius 1 is 0.433 bits per heavy atom. The second-order valence-corrected chi connectivity index (χ2v) is 7.99. The first-order valence-corrected chi connectivity index (χ1v) is 12.0. The van der Waals surface area contributed by atoms with E-state index in [0.29, 0.717) is 12.8 Å². The lowest BCUT2D eigenvalue weighted by Crippen LogP contribution is -1.93. The Bertz CT molecular complexity index is 447. The zero-order valence-corrected chi connectivity index (χ0v) is 18.9. The van der Waals surface area contributed by atoms with Gasteiger partial charge in [0.15, 0.2) is 0 Å². The molecule has 0 atom stereocenters. The molecule has 4 nitrogen and oxygen atoms in total. The molecule has 0 aliphatic heterocycles. The molecule has 0 heterocycles. The summed E-state index contributed by atoms with van der Waals surface area (Å²) in [6, 6.07) is 0. The van der Waals surface area contributed by atoms with Gasteiger partial charge in [-0.1, -0.05) is 87.8 Å². The quantitative estimate of drug-likeness (QED) is 0.138. The highest BCUT2D eigenvalue weighted by Crippen LogP contribution is 2.10. The monoisotopic (exact) mass is 420 g/mol. The maximum Gasteiger partial charge on any atom is 0.303 e. The van der Waals surface area contributed by atoms with Gasteiger partial charge >= 0.3 is 11.9 Å². The summed E-state index contributed by atoms with van der Waals surface area (Å²) in [4.78, 5) is 20.8. The van der Waals surface area contributed by atoms with Crippen molar-refractivity contribution in [2.75, 3.05) is 0 Å². The smallest absolute Gasteiger partial charge is 0.303 e. The topological polar surface area (TPSA) is 74.6 Å². The molecule has 2 N–H and O–H groups in total. The number of carbonyl (C=O) groups is 2. The number of hydrogen-bond acceptors (Lipinski definition) is 2. The van der Waals surface area contributed by atoms with E-state index in [1.54, 1.807) is 0 Å². The normalized spacial score (nSPS) is 11.9. The zero-order chi connectivity index (χ0) is 22.1. The van der Waals surface area contributed by atoms with E-state index < -0.39 is 11.9 Å². The summed E-state index contributed by atoms with van der Waals surface area (Å²) in [5.74, 6) is -1.36. The highest BCUT2D eigenvalue weighted by molar-refractivity contribution is 5.66. The minimum absolute atomic E-state index is 0.310. The van der Waals surface area contributed by atoms with E-state index in [0.717, 1.165) is 64.2 Å². The first-order chi connectivity index (χ1) is 14.6. The van der Waals surface area contributed by atoms with Crippen LogP contribution in [0.3, 0.4) is 0 Å². The SMILES string of the molecule is O=C(O)CCCCCCCC/C=C/C/C=C/C/C=C/CCCCCCCCC(=O)O. The van der Waals surface area contributed by atoms with Crippen LogP contribution in [0.5, 0.6) is 0 Å². The highest BCUT2D eigenvalue weighted by Gasteiger charge is 1.97. The third kappa shape index (κ3) is 26.2. The first-order valence-electron chi connectivity index (χ1n) is 12.0. The van der Waals surface area contributed by atoms with E-state index in [1.807, 2.05) is 0 Å². The molecule has 0 amide bonds. The third-order valence-electron chi connectivity index (χ3n) is 5.07. The Morgan fingerprint density at radius 3 is 1.10 bits per heavy atom. The maximum absolute atomic E-state index is 10.4. The second-order valence-electron chi connectivity index (χ2n) is 7.99. The van der Waals surface area contributed by atoms with Crippen molar-refractivity contribution in [2.45, 2.75) is 116 Å². The van der Waals surface area contributed by atoms with E-state index in [-0.39, 0.29) is 0 Å². The van der Waals surface area contributed by atoms with Gasteiger partial charge in [0, 0.05) is 12.8 Å². The average Bonchev–Trinajstić information content (AvgIpc) is 2.70. The van der Waals surface area contributed by atoms with Crippen LogP contribution in [-0.2, 0) is 9.59 Å². The summed E-state index contributed by atoms with van der Waals surface area (Å²) in [6.45, 7) is 0. The van der Waals surface area contributed by atoms with Gasteiger partial charge in [0.1, 0.15) is 0 Å². The fraction of sp³-hybridized carbons (Fsp3) is 0.692. The van der Waals surface area contributed by atoms with Crippen LogP contribution in [0.25, 0.3) is 0 Å². The Labute approximate surface area is 184 Å².